The van der Waals surface area contributed by atoms with Crippen LogP contribution < -0.4 is 20.3 Å². The Labute approximate surface area is 194 Å². The number of hydrogen-bond donors (Lipinski definition) is 2. The molecule has 0 atom stereocenters. The number of nitrogens with zero attached hydrogens (tertiary/aromatic N) is 1. The highest BCUT2D eigenvalue weighted by Crippen LogP contribution is 2.19. The lowest BCUT2D eigenvalue weighted by Gasteiger charge is -2.23. The third-order valence-electron chi connectivity index (χ3n) is 4.30. The van der Waals surface area contributed by atoms with Gasteiger partial charge in [-0.05, 0) is 66.7 Å². The van der Waals surface area contributed by atoms with Crippen LogP contribution in [0, 0.1) is 5.82 Å². The minimum atomic E-state index is -0.453. The van der Waals surface area contributed by atoms with Gasteiger partial charge in [0.1, 0.15) is 11.6 Å². The smallest absolute Gasteiger partial charge is 0.326 e. The molecule has 0 fully saturated rings. The van der Waals surface area contributed by atoms with E-state index in [4.69, 9.17) is 27.9 Å². The molecule has 6 nitrogen and oxygen atoms in total. The summed E-state index contributed by atoms with van der Waals surface area (Å²) in [5.74, 6) is -0.260. The number of anilines is 2. The van der Waals surface area contributed by atoms with Crippen molar-refractivity contribution >= 4 is 46.5 Å². The van der Waals surface area contributed by atoms with Gasteiger partial charge in [-0.15, -0.1) is 0 Å². The third-order valence-corrected chi connectivity index (χ3v) is 4.79. The first-order valence-corrected chi connectivity index (χ1v) is 10.4. The average molecular weight is 476 g/mol. The summed E-state index contributed by atoms with van der Waals surface area (Å²) in [7, 11) is 0. The van der Waals surface area contributed by atoms with Crippen molar-refractivity contribution in [1.82, 2.24) is 5.32 Å². The molecular weight excluding hydrogens is 456 g/mol. The zero-order valence-corrected chi connectivity index (χ0v) is 18.4. The van der Waals surface area contributed by atoms with Crippen LogP contribution in [-0.4, -0.2) is 31.6 Å². The molecule has 0 aromatic heterocycles. The van der Waals surface area contributed by atoms with E-state index in [1.54, 1.807) is 48.5 Å². The van der Waals surface area contributed by atoms with Crippen molar-refractivity contribution in [2.75, 3.05) is 29.9 Å². The van der Waals surface area contributed by atoms with Gasteiger partial charge in [0, 0.05) is 34.5 Å². The number of rotatable bonds is 8. The monoisotopic (exact) mass is 475 g/mol. The molecule has 166 valence electrons. The predicted molar refractivity (Wildman–Crippen MR) is 124 cm³/mol. The summed E-state index contributed by atoms with van der Waals surface area (Å²) in [5, 5.41) is 6.49. The fourth-order valence-corrected chi connectivity index (χ4v) is 3.08. The van der Waals surface area contributed by atoms with E-state index in [0.29, 0.717) is 27.2 Å². The Kier molecular flexibility index (Phi) is 8.30. The Bertz CT molecular complexity index is 1060. The molecule has 3 aromatic rings. The molecule has 0 saturated carbocycles. The third kappa shape index (κ3) is 7.14. The van der Waals surface area contributed by atoms with Gasteiger partial charge in [-0.3, -0.25) is 9.69 Å². The van der Waals surface area contributed by atoms with E-state index < -0.39 is 11.8 Å². The number of ether oxygens (including phenoxy) is 1. The lowest BCUT2D eigenvalue weighted by molar-refractivity contribution is -0.123. The van der Waals surface area contributed by atoms with Crippen molar-refractivity contribution < 1.29 is 18.7 Å². The Morgan fingerprint density at radius 1 is 0.938 bits per heavy atom. The fraction of sp³-hybridized carbons (Fsp3) is 0.130. The van der Waals surface area contributed by atoms with E-state index in [-0.39, 0.29) is 25.6 Å². The van der Waals surface area contributed by atoms with Crippen LogP contribution in [0.1, 0.15) is 0 Å². The lowest BCUT2D eigenvalue weighted by atomic mass is 10.2. The zero-order valence-electron chi connectivity index (χ0n) is 16.9. The number of halogens is 3. The van der Waals surface area contributed by atoms with Gasteiger partial charge in [0.05, 0.1) is 0 Å². The number of nitrogens with one attached hydrogen (secondary N) is 2. The Hall–Kier alpha value is -3.29. The second-order valence-electron chi connectivity index (χ2n) is 6.66. The summed E-state index contributed by atoms with van der Waals surface area (Å²) < 4.78 is 18.7. The molecule has 3 amide bonds. The minimum absolute atomic E-state index is 0.144. The summed E-state index contributed by atoms with van der Waals surface area (Å²) in [6.45, 7) is 0.112. The van der Waals surface area contributed by atoms with Crippen LogP contribution in [0.5, 0.6) is 5.75 Å². The SMILES string of the molecule is O=C(COc1ccc(Cl)cc1)NCCN(C(=O)Nc1cccc(Cl)c1)c1ccc(F)cc1. The van der Waals surface area contributed by atoms with E-state index in [0.717, 1.165) is 0 Å². The molecule has 32 heavy (non-hydrogen) atoms. The van der Waals surface area contributed by atoms with Gasteiger partial charge in [0.2, 0.25) is 0 Å². The van der Waals surface area contributed by atoms with Gasteiger partial charge in [-0.1, -0.05) is 29.3 Å². The summed E-state index contributed by atoms with van der Waals surface area (Å²) in [6, 6.07) is 18.4. The van der Waals surface area contributed by atoms with Crippen molar-refractivity contribution in [2.24, 2.45) is 0 Å². The number of benzene rings is 3. The van der Waals surface area contributed by atoms with Gasteiger partial charge >= 0.3 is 6.03 Å². The largest absolute Gasteiger partial charge is 0.484 e. The van der Waals surface area contributed by atoms with E-state index in [2.05, 4.69) is 10.6 Å². The summed E-state index contributed by atoms with van der Waals surface area (Å²) in [6.07, 6.45) is 0. The maximum atomic E-state index is 13.3. The van der Waals surface area contributed by atoms with E-state index in [1.807, 2.05) is 0 Å². The quantitative estimate of drug-likeness (QED) is 0.460. The van der Waals surface area contributed by atoms with Crippen LogP contribution in [0.3, 0.4) is 0 Å². The topological polar surface area (TPSA) is 70.7 Å². The Balaban J connectivity index is 1.58. The maximum absolute atomic E-state index is 13.3. The number of carbonyl (C=O) groups excluding carboxylic acids is 2. The number of carbonyl (C=O) groups is 2. The molecule has 0 radical (unpaired) electrons. The first-order valence-electron chi connectivity index (χ1n) is 9.65. The van der Waals surface area contributed by atoms with Gasteiger partial charge in [-0.25, -0.2) is 9.18 Å². The molecule has 3 rings (SSSR count). The van der Waals surface area contributed by atoms with Crippen molar-refractivity contribution in [2.45, 2.75) is 0 Å². The standard InChI is InChI=1S/C23H20Cl2FN3O3/c24-16-4-10-21(11-5-16)32-15-22(30)27-12-13-29(20-8-6-18(26)7-9-20)23(31)28-19-3-1-2-17(25)14-19/h1-11,14H,12-13,15H2,(H,27,30)(H,28,31). The molecule has 0 aliphatic carbocycles. The van der Waals surface area contributed by atoms with Crippen molar-refractivity contribution in [3.05, 3.63) is 88.7 Å². The van der Waals surface area contributed by atoms with Crippen LogP contribution >= 0.6 is 23.2 Å². The van der Waals surface area contributed by atoms with Gasteiger partial charge in [0.25, 0.3) is 5.91 Å². The van der Waals surface area contributed by atoms with E-state index in [9.17, 15) is 14.0 Å². The average Bonchev–Trinajstić information content (AvgIpc) is 2.77. The van der Waals surface area contributed by atoms with Crippen LogP contribution in [0.15, 0.2) is 72.8 Å². The molecule has 0 aliphatic heterocycles. The molecule has 0 heterocycles. The van der Waals surface area contributed by atoms with Crippen molar-refractivity contribution in [3.8, 4) is 5.75 Å². The van der Waals surface area contributed by atoms with Crippen LogP contribution in [0.25, 0.3) is 0 Å². The zero-order chi connectivity index (χ0) is 22.9. The van der Waals surface area contributed by atoms with E-state index in [1.165, 1.54) is 29.2 Å². The molecule has 0 bridgehead atoms. The highest BCUT2D eigenvalue weighted by Gasteiger charge is 2.17. The van der Waals surface area contributed by atoms with Crippen LogP contribution in [0.2, 0.25) is 10.0 Å². The minimum Gasteiger partial charge on any atom is -0.484 e. The van der Waals surface area contributed by atoms with Gasteiger partial charge in [-0.2, -0.15) is 0 Å². The van der Waals surface area contributed by atoms with Gasteiger partial charge < -0.3 is 15.4 Å². The molecule has 0 unspecified atom stereocenters. The normalized spacial score (nSPS) is 10.3. The van der Waals surface area contributed by atoms with Gasteiger partial charge in [0.15, 0.2) is 6.61 Å². The first-order chi connectivity index (χ1) is 15.4. The highest BCUT2D eigenvalue weighted by molar-refractivity contribution is 6.31. The first kappa shape index (κ1) is 23.4. The number of amides is 3. The van der Waals surface area contributed by atoms with Crippen molar-refractivity contribution in [3.63, 3.8) is 0 Å². The summed E-state index contributed by atoms with van der Waals surface area (Å²) >= 11 is 11.8. The van der Waals surface area contributed by atoms with E-state index >= 15 is 0 Å². The molecule has 3 aromatic carbocycles. The highest BCUT2D eigenvalue weighted by atomic mass is 35.5. The molecule has 0 spiro atoms. The predicted octanol–water partition coefficient (Wildman–Crippen LogP) is 5.37. The maximum Gasteiger partial charge on any atom is 0.326 e. The molecule has 0 aliphatic rings. The molecular formula is C23H20Cl2FN3O3. The van der Waals surface area contributed by atoms with Crippen LogP contribution in [-0.2, 0) is 4.79 Å². The Morgan fingerprint density at radius 3 is 2.34 bits per heavy atom. The molecule has 0 saturated heterocycles. The molecule has 9 heteroatoms. The summed E-state index contributed by atoms with van der Waals surface area (Å²) in [5.41, 5.74) is 0.979. The molecule has 2 N–H and O–H groups in total. The number of hydrogen-bond acceptors (Lipinski definition) is 3. The lowest BCUT2D eigenvalue weighted by Crippen LogP contribution is -2.42. The van der Waals surface area contributed by atoms with Crippen molar-refractivity contribution in [1.29, 1.82) is 0 Å². The second-order valence-corrected chi connectivity index (χ2v) is 7.53. The Morgan fingerprint density at radius 2 is 1.66 bits per heavy atom. The summed E-state index contributed by atoms with van der Waals surface area (Å²) in [4.78, 5) is 26.3. The van der Waals surface area contributed by atoms with Crippen LogP contribution in [0.4, 0.5) is 20.6 Å². The fourth-order valence-electron chi connectivity index (χ4n) is 2.76. The second kappa shape index (κ2) is 11.4. The number of urea groups is 1.